The van der Waals surface area contributed by atoms with E-state index in [9.17, 15) is 0 Å². The standard InChI is InChI=1S/C16H26N2/c1-12-9-13(2)11-15(10-12)16(18-17)8-7-14-5-3-4-6-14/h9-11,14,16,18H,3-8,17H2,1-2H3. The van der Waals surface area contributed by atoms with Crippen LogP contribution < -0.4 is 11.3 Å². The summed E-state index contributed by atoms with van der Waals surface area (Å²) in [6, 6.07) is 7.04. The number of hydrogen-bond acceptors (Lipinski definition) is 2. The van der Waals surface area contributed by atoms with Crippen molar-refractivity contribution in [2.45, 2.75) is 58.4 Å². The molecule has 1 unspecified atom stereocenters. The number of nitrogens with two attached hydrogens (primary N) is 1. The van der Waals surface area contributed by atoms with Gasteiger partial charge in [-0.2, -0.15) is 0 Å². The van der Waals surface area contributed by atoms with Crippen LogP contribution in [0.3, 0.4) is 0 Å². The molecule has 0 amide bonds. The third kappa shape index (κ3) is 3.56. The van der Waals surface area contributed by atoms with Gasteiger partial charge in [0.25, 0.3) is 0 Å². The zero-order valence-corrected chi connectivity index (χ0v) is 11.7. The Hall–Kier alpha value is -0.860. The van der Waals surface area contributed by atoms with Crippen molar-refractivity contribution in [3.63, 3.8) is 0 Å². The summed E-state index contributed by atoms with van der Waals surface area (Å²) >= 11 is 0. The molecule has 1 aliphatic carbocycles. The van der Waals surface area contributed by atoms with E-state index in [0.29, 0.717) is 6.04 Å². The summed E-state index contributed by atoms with van der Waals surface area (Å²) in [5.41, 5.74) is 6.99. The molecule has 0 saturated heterocycles. The highest BCUT2D eigenvalue weighted by atomic mass is 15.2. The summed E-state index contributed by atoms with van der Waals surface area (Å²) in [5.74, 6) is 6.68. The van der Waals surface area contributed by atoms with Crippen LogP contribution in [0.2, 0.25) is 0 Å². The first-order chi connectivity index (χ1) is 8.69. The van der Waals surface area contributed by atoms with E-state index < -0.39 is 0 Å². The lowest BCUT2D eigenvalue weighted by atomic mass is 9.93. The molecule has 2 heteroatoms. The maximum atomic E-state index is 5.74. The Morgan fingerprint density at radius 1 is 1.17 bits per heavy atom. The van der Waals surface area contributed by atoms with Gasteiger partial charge in [-0.3, -0.25) is 11.3 Å². The van der Waals surface area contributed by atoms with Gasteiger partial charge in [0, 0.05) is 6.04 Å². The minimum absolute atomic E-state index is 0.309. The third-order valence-corrected chi connectivity index (χ3v) is 4.19. The summed E-state index contributed by atoms with van der Waals surface area (Å²) < 4.78 is 0. The molecular weight excluding hydrogens is 220 g/mol. The summed E-state index contributed by atoms with van der Waals surface area (Å²) in [4.78, 5) is 0. The molecule has 0 aromatic heterocycles. The molecule has 1 aromatic rings. The molecule has 1 saturated carbocycles. The largest absolute Gasteiger partial charge is 0.271 e. The van der Waals surface area contributed by atoms with Crippen LogP contribution >= 0.6 is 0 Å². The van der Waals surface area contributed by atoms with Crippen LogP contribution in [0, 0.1) is 19.8 Å². The zero-order chi connectivity index (χ0) is 13.0. The lowest BCUT2D eigenvalue weighted by Crippen LogP contribution is -2.28. The molecule has 2 nitrogen and oxygen atoms in total. The van der Waals surface area contributed by atoms with Gasteiger partial charge in [0.2, 0.25) is 0 Å². The van der Waals surface area contributed by atoms with E-state index in [4.69, 9.17) is 5.84 Å². The Bertz CT molecular complexity index is 360. The van der Waals surface area contributed by atoms with Crippen molar-refractivity contribution in [1.82, 2.24) is 5.43 Å². The second kappa shape index (κ2) is 6.35. The summed E-state index contributed by atoms with van der Waals surface area (Å²) in [6.07, 6.45) is 8.16. The van der Waals surface area contributed by atoms with Crippen LogP contribution in [-0.4, -0.2) is 0 Å². The van der Waals surface area contributed by atoms with E-state index in [1.54, 1.807) is 0 Å². The molecule has 0 spiro atoms. The van der Waals surface area contributed by atoms with Gasteiger partial charge in [-0.1, -0.05) is 55.0 Å². The van der Waals surface area contributed by atoms with Gasteiger partial charge in [0.15, 0.2) is 0 Å². The Morgan fingerprint density at radius 2 is 1.78 bits per heavy atom. The van der Waals surface area contributed by atoms with Gasteiger partial charge in [-0.15, -0.1) is 0 Å². The summed E-state index contributed by atoms with van der Waals surface area (Å²) in [5, 5.41) is 0. The quantitative estimate of drug-likeness (QED) is 0.613. The van der Waals surface area contributed by atoms with Crippen molar-refractivity contribution < 1.29 is 0 Å². The molecule has 18 heavy (non-hydrogen) atoms. The average Bonchev–Trinajstić information content (AvgIpc) is 2.81. The number of nitrogens with one attached hydrogen (secondary N) is 1. The van der Waals surface area contributed by atoms with E-state index in [1.807, 2.05) is 0 Å². The van der Waals surface area contributed by atoms with Gasteiger partial charge < -0.3 is 0 Å². The first kappa shape index (κ1) is 13.6. The normalized spacial score (nSPS) is 18.2. The maximum absolute atomic E-state index is 5.74. The van der Waals surface area contributed by atoms with Crippen LogP contribution in [0.5, 0.6) is 0 Å². The van der Waals surface area contributed by atoms with Crippen molar-refractivity contribution >= 4 is 0 Å². The van der Waals surface area contributed by atoms with E-state index in [0.717, 1.165) is 12.3 Å². The molecule has 1 fully saturated rings. The van der Waals surface area contributed by atoms with Crippen LogP contribution in [-0.2, 0) is 0 Å². The molecule has 1 atom stereocenters. The predicted octanol–water partition coefficient (Wildman–Crippen LogP) is 3.78. The maximum Gasteiger partial charge on any atom is 0.0460 e. The number of rotatable bonds is 5. The van der Waals surface area contributed by atoms with E-state index in [-0.39, 0.29) is 0 Å². The fourth-order valence-corrected chi connectivity index (χ4v) is 3.26. The highest BCUT2D eigenvalue weighted by molar-refractivity contribution is 5.30. The molecule has 100 valence electrons. The van der Waals surface area contributed by atoms with Crippen molar-refractivity contribution in [1.29, 1.82) is 0 Å². The van der Waals surface area contributed by atoms with E-state index in [2.05, 4.69) is 37.5 Å². The van der Waals surface area contributed by atoms with Crippen LogP contribution in [0.1, 0.15) is 61.3 Å². The Morgan fingerprint density at radius 3 is 2.33 bits per heavy atom. The fraction of sp³-hybridized carbons (Fsp3) is 0.625. The predicted molar refractivity (Wildman–Crippen MR) is 77.2 cm³/mol. The Kier molecular flexibility index (Phi) is 4.79. The smallest absolute Gasteiger partial charge is 0.0460 e. The molecule has 3 N–H and O–H groups in total. The highest BCUT2D eigenvalue weighted by Crippen LogP contribution is 2.31. The zero-order valence-electron chi connectivity index (χ0n) is 11.7. The molecule has 1 aromatic carbocycles. The number of aryl methyl sites for hydroxylation is 2. The van der Waals surface area contributed by atoms with Gasteiger partial charge in [-0.25, -0.2) is 0 Å². The fourth-order valence-electron chi connectivity index (χ4n) is 3.26. The van der Waals surface area contributed by atoms with Crippen LogP contribution in [0.4, 0.5) is 0 Å². The van der Waals surface area contributed by atoms with Gasteiger partial charge in [-0.05, 0) is 38.2 Å². The molecule has 1 aliphatic rings. The van der Waals surface area contributed by atoms with Crippen molar-refractivity contribution in [3.05, 3.63) is 34.9 Å². The minimum Gasteiger partial charge on any atom is -0.271 e. The first-order valence-corrected chi connectivity index (χ1v) is 7.23. The SMILES string of the molecule is Cc1cc(C)cc(C(CCC2CCCC2)NN)c1. The second-order valence-corrected chi connectivity index (χ2v) is 5.87. The van der Waals surface area contributed by atoms with Gasteiger partial charge in [0.05, 0.1) is 0 Å². The highest BCUT2D eigenvalue weighted by Gasteiger charge is 2.18. The molecule has 0 radical (unpaired) electrons. The molecule has 2 rings (SSSR count). The van der Waals surface area contributed by atoms with Crippen molar-refractivity contribution in [2.75, 3.05) is 0 Å². The lowest BCUT2D eigenvalue weighted by Gasteiger charge is -2.19. The number of hydrazine groups is 1. The minimum atomic E-state index is 0.309. The lowest BCUT2D eigenvalue weighted by molar-refractivity contribution is 0.416. The molecular formula is C16H26N2. The monoisotopic (exact) mass is 246 g/mol. The number of benzene rings is 1. The summed E-state index contributed by atoms with van der Waals surface area (Å²) in [7, 11) is 0. The number of hydrogen-bond donors (Lipinski definition) is 2. The summed E-state index contributed by atoms with van der Waals surface area (Å²) in [6.45, 7) is 4.31. The average molecular weight is 246 g/mol. The third-order valence-electron chi connectivity index (χ3n) is 4.19. The van der Waals surface area contributed by atoms with Crippen LogP contribution in [0.25, 0.3) is 0 Å². The van der Waals surface area contributed by atoms with E-state index in [1.165, 1.54) is 48.8 Å². The van der Waals surface area contributed by atoms with Crippen molar-refractivity contribution in [3.8, 4) is 0 Å². The van der Waals surface area contributed by atoms with Gasteiger partial charge >= 0.3 is 0 Å². The van der Waals surface area contributed by atoms with E-state index >= 15 is 0 Å². The van der Waals surface area contributed by atoms with Crippen LogP contribution in [0.15, 0.2) is 18.2 Å². The Balaban J connectivity index is 1.98. The van der Waals surface area contributed by atoms with Crippen molar-refractivity contribution in [2.24, 2.45) is 11.8 Å². The topological polar surface area (TPSA) is 38.0 Å². The first-order valence-electron chi connectivity index (χ1n) is 7.23. The Labute approximate surface area is 111 Å². The molecule has 0 bridgehead atoms. The molecule has 0 aliphatic heterocycles. The van der Waals surface area contributed by atoms with Gasteiger partial charge in [0.1, 0.15) is 0 Å². The second-order valence-electron chi connectivity index (χ2n) is 5.87. The molecule has 0 heterocycles.